The fourth-order valence-corrected chi connectivity index (χ4v) is 6.41. The van der Waals surface area contributed by atoms with E-state index in [2.05, 4.69) is 15.0 Å². The van der Waals surface area contributed by atoms with Gasteiger partial charge in [0.15, 0.2) is 5.16 Å². The Morgan fingerprint density at radius 1 is 0.895 bits per heavy atom. The van der Waals surface area contributed by atoms with Crippen LogP contribution < -0.4 is 0 Å². The van der Waals surface area contributed by atoms with Crippen molar-refractivity contribution in [3.8, 4) is 11.4 Å². The molecule has 0 bridgehead atoms. The van der Waals surface area contributed by atoms with Crippen molar-refractivity contribution in [1.82, 2.24) is 29.3 Å². The van der Waals surface area contributed by atoms with Crippen LogP contribution in [-0.2, 0) is 11.8 Å². The normalized spacial score (nSPS) is 16.9. The Bertz CT molecular complexity index is 1480. The maximum atomic E-state index is 13.3. The van der Waals surface area contributed by atoms with Crippen LogP contribution in [-0.4, -0.2) is 73.1 Å². The summed E-state index contributed by atoms with van der Waals surface area (Å²) < 4.78 is 1.99. The van der Waals surface area contributed by atoms with Crippen LogP contribution >= 0.6 is 11.8 Å². The lowest BCUT2D eigenvalue weighted by Crippen LogP contribution is -2.45. The lowest BCUT2D eigenvalue weighted by atomic mass is 9.77. The fraction of sp³-hybridized carbons (Fsp3) is 0.345. The van der Waals surface area contributed by atoms with E-state index in [4.69, 9.17) is 0 Å². The summed E-state index contributed by atoms with van der Waals surface area (Å²) in [6, 6.07) is 17.6. The first-order chi connectivity index (χ1) is 18.5. The van der Waals surface area contributed by atoms with Crippen molar-refractivity contribution >= 4 is 34.5 Å². The number of benzene rings is 1. The van der Waals surface area contributed by atoms with Gasteiger partial charge in [-0.2, -0.15) is 0 Å². The van der Waals surface area contributed by atoms with Crippen molar-refractivity contribution in [1.29, 1.82) is 0 Å². The van der Waals surface area contributed by atoms with E-state index in [1.807, 2.05) is 76.0 Å². The number of aromatic nitrogens is 4. The standard InChI is InChI=1S/C29H30N6O2S/c1-33-24-8-3-2-6-21(24)18-25(33)27(37)34-15-10-29(11-16-34)12-17-35(20-29)26(36)19-38-28-31-14-9-23(32-28)22-7-4-5-13-30-22/h2-9,13-14,18H,10-12,15-17,19-20H2,1H3. The zero-order chi connectivity index (χ0) is 26.1. The lowest BCUT2D eigenvalue weighted by Gasteiger charge is -2.39. The van der Waals surface area contributed by atoms with Gasteiger partial charge in [0.2, 0.25) is 5.91 Å². The molecule has 2 fully saturated rings. The van der Waals surface area contributed by atoms with E-state index in [0.717, 1.165) is 73.4 Å². The summed E-state index contributed by atoms with van der Waals surface area (Å²) in [6.07, 6.45) is 6.29. The monoisotopic (exact) mass is 526 g/mol. The molecule has 194 valence electrons. The first kappa shape index (κ1) is 24.6. The SMILES string of the molecule is Cn1c(C(=O)N2CCC3(CCN(C(=O)CSc4nccc(-c5ccccn5)n4)C3)CC2)cc2ccccc21. The van der Waals surface area contributed by atoms with Crippen molar-refractivity contribution < 1.29 is 9.59 Å². The van der Waals surface area contributed by atoms with Gasteiger partial charge in [-0.05, 0) is 55.0 Å². The number of para-hydroxylation sites is 1. The van der Waals surface area contributed by atoms with E-state index in [1.54, 1.807) is 12.4 Å². The Kier molecular flexibility index (Phi) is 6.61. The highest BCUT2D eigenvalue weighted by atomic mass is 32.2. The average molecular weight is 527 g/mol. The molecule has 38 heavy (non-hydrogen) atoms. The number of carbonyl (C=O) groups is 2. The zero-order valence-electron chi connectivity index (χ0n) is 21.4. The number of pyridine rings is 1. The van der Waals surface area contributed by atoms with E-state index in [1.165, 1.54) is 11.8 Å². The second kappa shape index (κ2) is 10.2. The number of thioether (sulfide) groups is 1. The Hall–Kier alpha value is -3.72. The van der Waals surface area contributed by atoms with Gasteiger partial charge in [0.25, 0.3) is 5.91 Å². The fourth-order valence-electron chi connectivity index (χ4n) is 5.68. The molecule has 2 amide bonds. The number of hydrogen-bond donors (Lipinski definition) is 0. The number of fused-ring (bicyclic) bond motifs is 1. The minimum absolute atomic E-state index is 0.0915. The summed E-state index contributed by atoms with van der Waals surface area (Å²) in [5, 5.41) is 1.67. The van der Waals surface area contributed by atoms with Crippen molar-refractivity contribution in [2.45, 2.75) is 24.4 Å². The van der Waals surface area contributed by atoms with Gasteiger partial charge in [0.1, 0.15) is 5.69 Å². The van der Waals surface area contributed by atoms with Crippen LogP contribution in [0, 0.1) is 5.41 Å². The highest BCUT2D eigenvalue weighted by Crippen LogP contribution is 2.41. The second-order valence-corrected chi connectivity index (χ2v) is 11.2. The minimum Gasteiger partial charge on any atom is -0.341 e. The molecule has 0 atom stereocenters. The van der Waals surface area contributed by atoms with Gasteiger partial charge in [-0.25, -0.2) is 9.97 Å². The molecular formula is C29H30N6O2S. The van der Waals surface area contributed by atoms with Gasteiger partial charge in [-0.1, -0.05) is 36.0 Å². The third-order valence-corrected chi connectivity index (χ3v) is 8.80. The molecule has 9 heteroatoms. The summed E-state index contributed by atoms with van der Waals surface area (Å²) in [5.41, 5.74) is 3.44. The van der Waals surface area contributed by atoms with E-state index < -0.39 is 0 Å². The van der Waals surface area contributed by atoms with Crippen LogP contribution in [0.25, 0.3) is 22.3 Å². The van der Waals surface area contributed by atoms with Gasteiger partial charge in [-0.15, -0.1) is 0 Å². The van der Waals surface area contributed by atoms with Crippen molar-refractivity contribution in [3.05, 3.63) is 72.7 Å². The summed E-state index contributed by atoms with van der Waals surface area (Å²) in [4.78, 5) is 43.6. The van der Waals surface area contributed by atoms with Crippen LogP contribution in [0.2, 0.25) is 0 Å². The highest BCUT2D eigenvalue weighted by Gasteiger charge is 2.43. The molecule has 0 unspecified atom stereocenters. The molecule has 0 aliphatic carbocycles. The van der Waals surface area contributed by atoms with Gasteiger partial charge in [-0.3, -0.25) is 14.6 Å². The molecule has 5 heterocycles. The molecular weight excluding hydrogens is 496 g/mol. The average Bonchev–Trinajstić information content (AvgIpc) is 3.54. The van der Waals surface area contributed by atoms with Gasteiger partial charge < -0.3 is 14.4 Å². The van der Waals surface area contributed by atoms with Crippen LogP contribution in [0.3, 0.4) is 0 Å². The third kappa shape index (κ3) is 4.78. The predicted octanol–water partition coefficient (Wildman–Crippen LogP) is 4.28. The Morgan fingerprint density at radius 3 is 2.42 bits per heavy atom. The Balaban J connectivity index is 1.03. The summed E-state index contributed by atoms with van der Waals surface area (Å²) in [7, 11) is 1.96. The summed E-state index contributed by atoms with van der Waals surface area (Å²) >= 11 is 1.37. The quantitative estimate of drug-likeness (QED) is 0.285. The maximum absolute atomic E-state index is 13.3. The molecule has 2 aliphatic heterocycles. The highest BCUT2D eigenvalue weighted by molar-refractivity contribution is 7.99. The van der Waals surface area contributed by atoms with E-state index in [0.29, 0.717) is 10.9 Å². The summed E-state index contributed by atoms with van der Waals surface area (Å²) in [6.45, 7) is 2.99. The Morgan fingerprint density at radius 2 is 1.66 bits per heavy atom. The predicted molar refractivity (Wildman–Crippen MR) is 148 cm³/mol. The van der Waals surface area contributed by atoms with Gasteiger partial charge >= 0.3 is 0 Å². The largest absolute Gasteiger partial charge is 0.341 e. The number of nitrogens with zero attached hydrogens (tertiary/aromatic N) is 6. The molecule has 8 nitrogen and oxygen atoms in total. The molecule has 1 spiro atoms. The molecule has 0 radical (unpaired) electrons. The van der Waals surface area contributed by atoms with Gasteiger partial charge in [0.05, 0.1) is 17.1 Å². The molecule has 3 aromatic heterocycles. The molecule has 2 saturated heterocycles. The van der Waals surface area contributed by atoms with Crippen LogP contribution in [0.5, 0.6) is 0 Å². The number of amides is 2. The first-order valence-corrected chi connectivity index (χ1v) is 14.0. The number of carbonyl (C=O) groups excluding carboxylic acids is 2. The first-order valence-electron chi connectivity index (χ1n) is 13.0. The lowest BCUT2D eigenvalue weighted by molar-refractivity contribution is -0.127. The van der Waals surface area contributed by atoms with Crippen LogP contribution in [0.15, 0.2) is 72.1 Å². The summed E-state index contributed by atoms with van der Waals surface area (Å²) in [5.74, 6) is 0.523. The molecule has 6 rings (SSSR count). The molecule has 2 aliphatic rings. The number of likely N-dealkylation sites (tertiary alicyclic amines) is 2. The smallest absolute Gasteiger partial charge is 0.270 e. The number of aryl methyl sites for hydroxylation is 1. The number of hydrogen-bond acceptors (Lipinski definition) is 6. The maximum Gasteiger partial charge on any atom is 0.270 e. The van der Waals surface area contributed by atoms with E-state index >= 15 is 0 Å². The minimum atomic E-state index is 0.0915. The van der Waals surface area contributed by atoms with Crippen LogP contribution in [0.4, 0.5) is 0 Å². The molecule has 0 saturated carbocycles. The second-order valence-electron chi connectivity index (χ2n) is 10.2. The van der Waals surface area contributed by atoms with Crippen molar-refractivity contribution in [3.63, 3.8) is 0 Å². The number of piperidine rings is 1. The van der Waals surface area contributed by atoms with E-state index in [9.17, 15) is 9.59 Å². The van der Waals surface area contributed by atoms with Crippen molar-refractivity contribution in [2.24, 2.45) is 12.5 Å². The number of rotatable bonds is 5. The van der Waals surface area contributed by atoms with Crippen molar-refractivity contribution in [2.75, 3.05) is 31.9 Å². The molecule has 0 N–H and O–H groups in total. The molecule has 4 aromatic rings. The van der Waals surface area contributed by atoms with E-state index in [-0.39, 0.29) is 17.2 Å². The van der Waals surface area contributed by atoms with Crippen LogP contribution in [0.1, 0.15) is 29.8 Å². The van der Waals surface area contributed by atoms with Gasteiger partial charge in [0, 0.05) is 56.5 Å². The topological polar surface area (TPSA) is 84.2 Å². The Labute approximate surface area is 226 Å². The zero-order valence-corrected chi connectivity index (χ0v) is 22.2. The third-order valence-electron chi connectivity index (χ3n) is 7.96. The molecule has 1 aromatic carbocycles.